The standard InChI is InChI=1S/C7H6S/c1-8-7-5-3-2-4-6-7/h2-3,6H,1H3. The van der Waals surface area contributed by atoms with Gasteiger partial charge in [-0.15, -0.1) is 11.8 Å². The van der Waals surface area contributed by atoms with Gasteiger partial charge in [-0.1, -0.05) is 12.1 Å². The van der Waals surface area contributed by atoms with Crippen LogP contribution in [0.5, 0.6) is 0 Å². The van der Waals surface area contributed by atoms with Crippen molar-refractivity contribution in [3.63, 3.8) is 0 Å². The van der Waals surface area contributed by atoms with Crippen LogP contribution >= 0.6 is 11.8 Å². The van der Waals surface area contributed by atoms with E-state index in [4.69, 9.17) is 0 Å². The van der Waals surface area contributed by atoms with Gasteiger partial charge in [-0.3, -0.25) is 0 Å². The van der Waals surface area contributed by atoms with E-state index in [-0.39, 0.29) is 0 Å². The fourth-order valence-electron chi connectivity index (χ4n) is 0.455. The number of thioether (sulfide) groups is 1. The first-order chi connectivity index (χ1) is 3.93. The lowest BCUT2D eigenvalue weighted by Crippen LogP contribution is -1.64. The molecule has 2 radical (unpaired) electrons. The molecule has 0 spiro atoms. The number of benzene rings is 1. The van der Waals surface area contributed by atoms with E-state index in [1.165, 1.54) is 0 Å². The maximum atomic E-state index is 3.05. The molecule has 0 bridgehead atoms. The van der Waals surface area contributed by atoms with E-state index in [2.05, 4.69) is 12.1 Å². The predicted molar refractivity (Wildman–Crippen MR) is 35.9 cm³/mol. The van der Waals surface area contributed by atoms with Gasteiger partial charge in [-0.2, -0.15) is 0 Å². The smallest absolute Gasteiger partial charge is 0.0154 e. The van der Waals surface area contributed by atoms with E-state index in [0.717, 1.165) is 4.90 Å². The summed E-state index contributed by atoms with van der Waals surface area (Å²) < 4.78 is 0. The van der Waals surface area contributed by atoms with Crippen LogP contribution in [0.2, 0.25) is 0 Å². The molecule has 0 unspecified atom stereocenters. The van der Waals surface area contributed by atoms with Crippen molar-refractivity contribution in [2.24, 2.45) is 0 Å². The third kappa shape index (κ3) is 1.27. The Morgan fingerprint density at radius 3 is 2.75 bits per heavy atom. The summed E-state index contributed by atoms with van der Waals surface area (Å²) >= 11 is 1.68. The molecule has 0 N–H and O–H groups in total. The minimum Gasteiger partial charge on any atom is -0.129 e. The van der Waals surface area contributed by atoms with Crippen LogP contribution in [0.3, 0.4) is 0 Å². The fraction of sp³-hybridized carbons (Fsp3) is 0.143. The molecule has 1 aromatic rings. The molecule has 0 aliphatic heterocycles. The van der Waals surface area contributed by atoms with Crippen molar-refractivity contribution in [3.8, 4) is 0 Å². The van der Waals surface area contributed by atoms with Gasteiger partial charge in [0.1, 0.15) is 0 Å². The summed E-state index contributed by atoms with van der Waals surface area (Å²) in [6.07, 6.45) is 2.03. The quantitative estimate of drug-likeness (QED) is 0.513. The van der Waals surface area contributed by atoms with Gasteiger partial charge in [0.05, 0.1) is 0 Å². The van der Waals surface area contributed by atoms with Crippen LogP contribution in [-0.4, -0.2) is 6.26 Å². The first-order valence-corrected chi connectivity index (χ1v) is 3.58. The van der Waals surface area contributed by atoms with Crippen molar-refractivity contribution < 1.29 is 0 Å². The van der Waals surface area contributed by atoms with Crippen molar-refractivity contribution in [1.29, 1.82) is 0 Å². The summed E-state index contributed by atoms with van der Waals surface area (Å²) in [4.78, 5) is 1.15. The Hall–Kier alpha value is -0.430. The molecule has 0 aliphatic rings. The minimum absolute atomic E-state index is 1.15. The summed E-state index contributed by atoms with van der Waals surface area (Å²) in [5.74, 6) is 0. The van der Waals surface area contributed by atoms with E-state index >= 15 is 0 Å². The molecular formula is C7H6S. The molecule has 0 saturated heterocycles. The summed E-state index contributed by atoms with van der Waals surface area (Å²) in [5, 5.41) is 0. The fourth-order valence-corrected chi connectivity index (χ4v) is 0.827. The van der Waals surface area contributed by atoms with Crippen molar-refractivity contribution in [2.45, 2.75) is 4.90 Å². The van der Waals surface area contributed by atoms with Crippen LogP contribution in [0.4, 0.5) is 0 Å². The van der Waals surface area contributed by atoms with Crippen LogP contribution in [0, 0.1) is 12.1 Å². The molecule has 0 aromatic heterocycles. The summed E-state index contributed by atoms with van der Waals surface area (Å²) in [6.45, 7) is 0. The number of hydrogen-bond acceptors (Lipinski definition) is 1. The molecule has 0 atom stereocenters. The lowest BCUT2D eigenvalue weighted by atomic mass is 10.4. The maximum Gasteiger partial charge on any atom is 0.0154 e. The highest BCUT2D eigenvalue weighted by atomic mass is 32.2. The second kappa shape index (κ2) is 2.78. The molecule has 0 aliphatic carbocycles. The Morgan fingerprint density at radius 1 is 1.50 bits per heavy atom. The van der Waals surface area contributed by atoms with Crippen LogP contribution in [0.25, 0.3) is 0 Å². The molecule has 0 amide bonds. The number of hydrogen-bond donors (Lipinski definition) is 0. The predicted octanol–water partition coefficient (Wildman–Crippen LogP) is 2.01. The second-order valence-electron chi connectivity index (χ2n) is 1.36. The van der Waals surface area contributed by atoms with Gasteiger partial charge < -0.3 is 0 Å². The Kier molecular flexibility index (Phi) is 1.98. The van der Waals surface area contributed by atoms with Crippen molar-refractivity contribution >= 4 is 11.8 Å². The lowest BCUT2D eigenvalue weighted by Gasteiger charge is -1.87. The monoisotopic (exact) mass is 122 g/mol. The summed E-state index contributed by atoms with van der Waals surface area (Å²) in [7, 11) is 0. The van der Waals surface area contributed by atoms with Crippen LogP contribution in [0.1, 0.15) is 0 Å². The highest BCUT2D eigenvalue weighted by Gasteiger charge is 1.81. The molecule has 1 aromatic carbocycles. The molecular weight excluding hydrogens is 116 g/mol. The largest absolute Gasteiger partial charge is 0.129 e. The zero-order valence-corrected chi connectivity index (χ0v) is 5.46. The molecule has 40 valence electrons. The highest BCUT2D eigenvalue weighted by molar-refractivity contribution is 7.98. The lowest BCUT2D eigenvalue weighted by molar-refractivity contribution is 1.44. The maximum absolute atomic E-state index is 3.05. The van der Waals surface area contributed by atoms with Crippen LogP contribution < -0.4 is 0 Å². The van der Waals surface area contributed by atoms with Gasteiger partial charge in [-0.25, -0.2) is 0 Å². The Bertz CT molecular complexity index is 146. The van der Waals surface area contributed by atoms with Crippen LogP contribution in [0.15, 0.2) is 23.1 Å². The average molecular weight is 122 g/mol. The number of rotatable bonds is 1. The van der Waals surface area contributed by atoms with Crippen molar-refractivity contribution in [3.05, 3.63) is 30.3 Å². The van der Waals surface area contributed by atoms with Crippen molar-refractivity contribution in [2.75, 3.05) is 6.26 Å². The zero-order valence-electron chi connectivity index (χ0n) is 4.64. The Morgan fingerprint density at radius 2 is 2.38 bits per heavy atom. The molecule has 0 fully saturated rings. The third-order valence-electron chi connectivity index (χ3n) is 0.839. The summed E-state index contributed by atoms with van der Waals surface area (Å²) in [6, 6.07) is 11.6. The van der Waals surface area contributed by atoms with Gasteiger partial charge in [0.2, 0.25) is 0 Å². The topological polar surface area (TPSA) is 0 Å². The molecule has 1 heteroatoms. The first kappa shape index (κ1) is 5.70. The zero-order chi connectivity index (χ0) is 5.82. The molecule has 1 rings (SSSR count). The first-order valence-electron chi connectivity index (χ1n) is 2.35. The molecule has 0 heterocycles. The SMILES string of the molecule is CSc1[c]cc[c]c1. The summed E-state index contributed by atoms with van der Waals surface area (Å²) in [5.41, 5.74) is 0. The molecule has 8 heavy (non-hydrogen) atoms. The average Bonchev–Trinajstić information content (AvgIpc) is 1.90. The molecule has 0 saturated carbocycles. The van der Waals surface area contributed by atoms with Gasteiger partial charge in [-0.05, 0) is 24.5 Å². The second-order valence-corrected chi connectivity index (χ2v) is 2.21. The third-order valence-corrected chi connectivity index (χ3v) is 1.52. The van der Waals surface area contributed by atoms with E-state index in [0.29, 0.717) is 0 Å². The Labute approximate surface area is 53.9 Å². The van der Waals surface area contributed by atoms with E-state index in [1.54, 1.807) is 11.8 Å². The van der Waals surface area contributed by atoms with E-state index in [1.807, 2.05) is 24.5 Å². The van der Waals surface area contributed by atoms with E-state index in [9.17, 15) is 0 Å². The highest BCUT2D eigenvalue weighted by Crippen LogP contribution is 2.10. The normalized spacial score (nSPS) is 9.12. The van der Waals surface area contributed by atoms with Gasteiger partial charge in [0.15, 0.2) is 0 Å². The van der Waals surface area contributed by atoms with Gasteiger partial charge in [0.25, 0.3) is 0 Å². The van der Waals surface area contributed by atoms with Crippen molar-refractivity contribution in [1.82, 2.24) is 0 Å². The van der Waals surface area contributed by atoms with Gasteiger partial charge in [0, 0.05) is 4.90 Å². The van der Waals surface area contributed by atoms with Gasteiger partial charge >= 0.3 is 0 Å². The van der Waals surface area contributed by atoms with E-state index < -0.39 is 0 Å². The Balaban J connectivity index is 2.83. The minimum atomic E-state index is 1.15. The molecule has 0 nitrogen and oxygen atoms in total. The van der Waals surface area contributed by atoms with Crippen LogP contribution in [-0.2, 0) is 0 Å².